The van der Waals surface area contributed by atoms with E-state index in [2.05, 4.69) is 83.8 Å². The number of unbranched alkanes of at least 4 members (excludes halogenated alkanes) is 6. The number of hydrogen-bond donors (Lipinski definition) is 0. The highest BCUT2D eigenvalue weighted by Gasteiger charge is 2.62. The Kier molecular flexibility index (Phi) is 25.2. The highest BCUT2D eigenvalue weighted by Crippen LogP contribution is 2.66. The molecular weight excluding hydrogens is 957 g/mol. The predicted octanol–water partition coefficient (Wildman–Crippen LogP) is 14.6. The number of rotatable bonds is 27. The Morgan fingerprint density at radius 1 is 0.605 bits per heavy atom. The second-order valence-corrected chi connectivity index (χ2v) is 20.7. The van der Waals surface area contributed by atoms with Gasteiger partial charge in [0.25, 0.3) is 5.79 Å². The van der Waals surface area contributed by atoms with Crippen LogP contribution < -0.4 is 9.47 Å². The minimum atomic E-state index is -1.40. The van der Waals surface area contributed by atoms with Gasteiger partial charge in [-0.2, -0.15) is 0 Å². The van der Waals surface area contributed by atoms with Crippen molar-refractivity contribution in [2.24, 2.45) is 16.7 Å². The molecular formula is C65H84O11. The topological polar surface area (TPSA) is 133 Å². The van der Waals surface area contributed by atoms with Crippen molar-refractivity contribution >= 4 is 35.8 Å². The molecule has 0 aliphatic heterocycles. The molecule has 4 aromatic carbocycles. The van der Waals surface area contributed by atoms with Gasteiger partial charge in [-0.05, 0) is 151 Å². The molecule has 0 amide bonds. The summed E-state index contributed by atoms with van der Waals surface area (Å²) in [6.07, 6.45) is 15.5. The fraction of sp³-hybridized carbons (Fsp3) is 0.446. The summed E-state index contributed by atoms with van der Waals surface area (Å²) in [7, 11) is 2.94. The fourth-order valence-electron chi connectivity index (χ4n) is 9.48. The van der Waals surface area contributed by atoms with E-state index >= 15 is 0 Å². The SMILES string of the molecule is C=C(C)C(=O)OC1CC2CCC1(C)C2(C)C.C=C(C)C(=O)OCCCCCCOc1ccc(/C=C/c2ccc(OCCCCCCOC(=O)C(=C)C)c(C)c2)cc1.COC(OC)(C(=O)c1ccccc1)c1ccccc1. The Morgan fingerprint density at radius 3 is 1.57 bits per heavy atom. The van der Waals surface area contributed by atoms with Gasteiger partial charge in [-0.1, -0.05) is 132 Å². The molecule has 2 fully saturated rings. The van der Waals surface area contributed by atoms with Crippen molar-refractivity contribution in [3.8, 4) is 11.5 Å². The standard InChI is InChI=1S/C35H46O6.C16H16O3.C14H22O2/c1-27(2)34(36)40-24-12-8-6-10-22-38-32-19-16-30(17-20-32)14-15-31-18-21-33(29(5)26-31)39-23-11-7-9-13-25-41-35(37)28(3)4;1-18-16(19-2,14-11-7-4-8-12-14)15(17)13-9-5-3-6-10-13;1-9(2)12(15)16-11-8-10-6-7-14(11,5)13(10,3)4/h14-21,26H,1,3,6-13,22-25H2,2,4-5H3;3-12H,1-2H3;10-11H,1,6-8H2,2-5H3/b15-14+;;. The van der Waals surface area contributed by atoms with Crippen LogP contribution in [0.15, 0.2) is 140 Å². The highest BCUT2D eigenvalue weighted by atomic mass is 16.7. The summed E-state index contributed by atoms with van der Waals surface area (Å²) >= 11 is 0. The lowest BCUT2D eigenvalue weighted by Crippen LogP contribution is -2.39. The van der Waals surface area contributed by atoms with Gasteiger partial charge in [0.05, 0.1) is 26.4 Å². The van der Waals surface area contributed by atoms with Gasteiger partial charge in [-0.25, -0.2) is 14.4 Å². The molecule has 3 unspecified atom stereocenters. The van der Waals surface area contributed by atoms with E-state index in [-0.39, 0.29) is 35.2 Å². The van der Waals surface area contributed by atoms with Crippen molar-refractivity contribution in [1.29, 1.82) is 0 Å². The second kappa shape index (κ2) is 30.9. The average Bonchev–Trinajstić information content (AvgIpc) is 3.75. The minimum absolute atomic E-state index is 0.0884. The van der Waals surface area contributed by atoms with E-state index in [1.165, 1.54) is 27.1 Å². The van der Waals surface area contributed by atoms with E-state index in [0.29, 0.717) is 65.6 Å². The summed E-state index contributed by atoms with van der Waals surface area (Å²) in [6, 6.07) is 32.5. The first-order chi connectivity index (χ1) is 36.3. The van der Waals surface area contributed by atoms with Crippen LogP contribution in [0.25, 0.3) is 12.2 Å². The molecule has 0 radical (unpaired) electrons. The maximum Gasteiger partial charge on any atom is 0.333 e. The zero-order valence-electron chi connectivity index (χ0n) is 46.8. The molecule has 410 valence electrons. The summed E-state index contributed by atoms with van der Waals surface area (Å²) in [5.74, 6) is -0.00207. The Hall–Kier alpha value is -6.56. The van der Waals surface area contributed by atoms with Crippen molar-refractivity contribution in [3.05, 3.63) is 167 Å². The summed E-state index contributed by atoms with van der Waals surface area (Å²) < 4.78 is 38.5. The fourth-order valence-corrected chi connectivity index (χ4v) is 9.48. The van der Waals surface area contributed by atoms with Crippen molar-refractivity contribution in [2.45, 2.75) is 131 Å². The van der Waals surface area contributed by atoms with Crippen molar-refractivity contribution < 1.29 is 52.3 Å². The number of ketones is 1. The van der Waals surface area contributed by atoms with Gasteiger partial charge in [0.1, 0.15) is 17.6 Å². The largest absolute Gasteiger partial charge is 0.494 e. The van der Waals surface area contributed by atoms with Crippen LogP contribution in [0.5, 0.6) is 11.5 Å². The molecule has 0 heterocycles. The first-order valence-corrected chi connectivity index (χ1v) is 26.7. The van der Waals surface area contributed by atoms with E-state index in [1.54, 1.807) is 32.9 Å². The van der Waals surface area contributed by atoms with Gasteiger partial charge in [-0.3, -0.25) is 4.79 Å². The maximum absolute atomic E-state index is 12.7. The molecule has 11 heteroatoms. The Balaban J connectivity index is 0.000000290. The van der Waals surface area contributed by atoms with Crippen LogP contribution in [0.4, 0.5) is 0 Å². The van der Waals surface area contributed by atoms with Crippen LogP contribution >= 0.6 is 0 Å². The number of hydrogen-bond acceptors (Lipinski definition) is 11. The number of benzene rings is 4. The van der Waals surface area contributed by atoms with Gasteiger partial charge in [0, 0.05) is 47.5 Å². The molecule has 4 aromatic rings. The number of carbonyl (C=O) groups excluding carboxylic acids is 4. The van der Waals surface area contributed by atoms with E-state index in [1.807, 2.05) is 66.7 Å². The molecule has 0 N–H and O–H groups in total. The summed E-state index contributed by atoms with van der Waals surface area (Å²) in [5.41, 5.74) is 6.39. The monoisotopic (exact) mass is 1040 g/mol. The highest BCUT2D eigenvalue weighted by molar-refractivity contribution is 6.02. The van der Waals surface area contributed by atoms with E-state index < -0.39 is 5.79 Å². The molecule has 6 rings (SSSR count). The molecule has 0 spiro atoms. The summed E-state index contributed by atoms with van der Waals surface area (Å²) in [4.78, 5) is 47.0. The van der Waals surface area contributed by atoms with Gasteiger partial charge < -0.3 is 33.2 Å². The normalized spacial score (nSPS) is 17.0. The van der Waals surface area contributed by atoms with Crippen molar-refractivity contribution in [2.75, 3.05) is 40.6 Å². The van der Waals surface area contributed by atoms with Gasteiger partial charge in [0.15, 0.2) is 0 Å². The molecule has 2 aliphatic carbocycles. The molecule has 11 nitrogen and oxygen atoms in total. The van der Waals surface area contributed by atoms with Crippen molar-refractivity contribution in [1.82, 2.24) is 0 Å². The minimum Gasteiger partial charge on any atom is -0.494 e. The summed E-state index contributed by atoms with van der Waals surface area (Å²) in [5, 5.41) is 0. The van der Waals surface area contributed by atoms with Gasteiger partial charge in [-0.15, -0.1) is 0 Å². The molecule has 2 saturated carbocycles. The third-order valence-electron chi connectivity index (χ3n) is 14.7. The number of ether oxygens (including phenoxy) is 7. The van der Waals surface area contributed by atoms with Crippen LogP contribution in [0, 0.1) is 23.7 Å². The lowest BCUT2D eigenvalue weighted by atomic mass is 9.70. The number of fused-ring (bicyclic) bond motifs is 2. The van der Waals surface area contributed by atoms with E-state index in [0.717, 1.165) is 86.0 Å². The summed E-state index contributed by atoms with van der Waals surface area (Å²) in [6.45, 7) is 27.0. The zero-order chi connectivity index (χ0) is 55.7. The number of aryl methyl sites for hydroxylation is 1. The number of esters is 3. The van der Waals surface area contributed by atoms with Crippen LogP contribution in [-0.2, 0) is 43.9 Å². The lowest BCUT2D eigenvalue weighted by molar-refractivity contribution is -0.176. The Morgan fingerprint density at radius 2 is 1.09 bits per heavy atom. The molecule has 0 saturated heterocycles. The van der Waals surface area contributed by atoms with E-state index in [4.69, 9.17) is 33.2 Å². The third kappa shape index (κ3) is 18.0. The van der Waals surface area contributed by atoms with Crippen LogP contribution in [0.2, 0.25) is 0 Å². The third-order valence-corrected chi connectivity index (χ3v) is 14.7. The lowest BCUT2D eigenvalue weighted by Gasteiger charge is -2.38. The molecule has 2 bridgehead atoms. The quantitative estimate of drug-likeness (QED) is 0.0107. The van der Waals surface area contributed by atoms with Crippen LogP contribution in [0.1, 0.15) is 145 Å². The smallest absolute Gasteiger partial charge is 0.333 e. The number of carbonyl (C=O) groups is 4. The molecule has 2 aliphatic rings. The van der Waals surface area contributed by atoms with Crippen LogP contribution in [0.3, 0.4) is 0 Å². The van der Waals surface area contributed by atoms with Crippen LogP contribution in [-0.4, -0.2) is 70.4 Å². The molecule has 3 atom stereocenters. The maximum atomic E-state index is 12.7. The second-order valence-electron chi connectivity index (χ2n) is 20.7. The number of methoxy groups -OCH3 is 2. The van der Waals surface area contributed by atoms with Gasteiger partial charge >= 0.3 is 17.9 Å². The Labute approximate surface area is 453 Å². The number of Topliss-reactive ketones (excluding diaryl/α,β-unsaturated/α-hetero) is 1. The molecule has 76 heavy (non-hydrogen) atoms. The van der Waals surface area contributed by atoms with Gasteiger partial charge in [0.2, 0.25) is 5.78 Å². The predicted molar refractivity (Wildman–Crippen MR) is 303 cm³/mol. The van der Waals surface area contributed by atoms with Crippen molar-refractivity contribution in [3.63, 3.8) is 0 Å². The zero-order valence-corrected chi connectivity index (χ0v) is 46.8. The molecule has 0 aromatic heterocycles. The first kappa shape index (κ1) is 62.0. The first-order valence-electron chi connectivity index (χ1n) is 26.7. The van der Waals surface area contributed by atoms with E-state index in [9.17, 15) is 19.2 Å². The Bertz CT molecular complexity index is 2540. The average molecular weight is 1040 g/mol.